The van der Waals surface area contributed by atoms with Crippen LogP contribution in [0.4, 0.5) is 0 Å². The number of halogens is 2. The van der Waals surface area contributed by atoms with Gasteiger partial charge in [0, 0.05) is 5.02 Å². The van der Waals surface area contributed by atoms with Crippen molar-refractivity contribution in [1.29, 1.82) is 5.26 Å². The lowest BCUT2D eigenvalue weighted by atomic mass is 10.1. The molecule has 0 amide bonds. The van der Waals surface area contributed by atoms with E-state index in [1.807, 2.05) is 37.3 Å². The zero-order chi connectivity index (χ0) is 22.7. The van der Waals surface area contributed by atoms with Crippen LogP contribution in [0.1, 0.15) is 22.5 Å². The molecule has 0 radical (unpaired) electrons. The SMILES string of the molecule is COc1cc(/C=C(/C#N)c2nc3ccc(C)cc3[nH]2)cc(Cl)c1OCc1ccc(Cl)cc1. The van der Waals surface area contributed by atoms with E-state index in [0.29, 0.717) is 45.1 Å². The summed E-state index contributed by atoms with van der Waals surface area (Å²) in [5, 5.41) is 10.8. The summed E-state index contributed by atoms with van der Waals surface area (Å²) in [6.07, 6.45) is 1.71. The van der Waals surface area contributed by atoms with Gasteiger partial charge in [0.15, 0.2) is 11.5 Å². The topological polar surface area (TPSA) is 70.9 Å². The molecule has 3 aromatic carbocycles. The Kier molecular flexibility index (Phi) is 6.36. The second-order valence-electron chi connectivity index (χ2n) is 7.23. The Morgan fingerprint density at radius 3 is 2.62 bits per heavy atom. The van der Waals surface area contributed by atoms with Gasteiger partial charge in [-0.25, -0.2) is 4.98 Å². The zero-order valence-electron chi connectivity index (χ0n) is 17.4. The lowest BCUT2D eigenvalue weighted by Gasteiger charge is -2.13. The molecule has 0 saturated heterocycles. The van der Waals surface area contributed by atoms with Gasteiger partial charge in [0.2, 0.25) is 0 Å². The number of aromatic amines is 1. The molecule has 0 aliphatic carbocycles. The maximum absolute atomic E-state index is 9.72. The molecule has 0 bridgehead atoms. The fourth-order valence-corrected chi connectivity index (χ4v) is 3.67. The summed E-state index contributed by atoms with van der Waals surface area (Å²) in [5.41, 5.74) is 4.81. The van der Waals surface area contributed by atoms with Crippen molar-refractivity contribution in [3.05, 3.63) is 87.2 Å². The molecule has 4 rings (SSSR count). The van der Waals surface area contributed by atoms with Gasteiger partial charge in [-0.2, -0.15) is 5.26 Å². The van der Waals surface area contributed by atoms with Crippen molar-refractivity contribution in [2.24, 2.45) is 0 Å². The molecule has 0 spiro atoms. The van der Waals surface area contributed by atoms with Crippen molar-refractivity contribution in [2.45, 2.75) is 13.5 Å². The molecule has 5 nitrogen and oxygen atoms in total. The minimum absolute atomic E-state index is 0.310. The fraction of sp³-hybridized carbons (Fsp3) is 0.120. The normalized spacial score (nSPS) is 11.4. The summed E-state index contributed by atoms with van der Waals surface area (Å²) >= 11 is 12.4. The molecule has 0 unspecified atom stereocenters. The zero-order valence-corrected chi connectivity index (χ0v) is 19.0. The van der Waals surface area contributed by atoms with E-state index in [9.17, 15) is 5.26 Å². The molecule has 32 heavy (non-hydrogen) atoms. The van der Waals surface area contributed by atoms with Crippen LogP contribution in [0.2, 0.25) is 10.0 Å². The minimum atomic E-state index is 0.310. The van der Waals surface area contributed by atoms with Crippen LogP contribution >= 0.6 is 23.2 Å². The third-order valence-electron chi connectivity index (χ3n) is 4.87. The van der Waals surface area contributed by atoms with E-state index in [0.717, 1.165) is 22.2 Å². The van der Waals surface area contributed by atoms with Crippen molar-refractivity contribution in [1.82, 2.24) is 9.97 Å². The van der Waals surface area contributed by atoms with Gasteiger partial charge in [-0.3, -0.25) is 0 Å². The van der Waals surface area contributed by atoms with Gasteiger partial charge < -0.3 is 14.5 Å². The van der Waals surface area contributed by atoms with Gasteiger partial charge in [0.05, 0.1) is 28.7 Å². The Morgan fingerprint density at radius 2 is 1.91 bits per heavy atom. The van der Waals surface area contributed by atoms with Crippen LogP contribution in [-0.4, -0.2) is 17.1 Å². The Labute approximate surface area is 195 Å². The molecule has 1 aromatic heterocycles. The van der Waals surface area contributed by atoms with E-state index >= 15 is 0 Å². The van der Waals surface area contributed by atoms with Gasteiger partial charge in [0.1, 0.15) is 18.5 Å². The molecule has 0 atom stereocenters. The summed E-state index contributed by atoms with van der Waals surface area (Å²) < 4.78 is 11.4. The first kappa shape index (κ1) is 21.8. The van der Waals surface area contributed by atoms with Gasteiger partial charge in [-0.05, 0) is 66.1 Å². The fourth-order valence-electron chi connectivity index (χ4n) is 3.27. The lowest BCUT2D eigenvalue weighted by Crippen LogP contribution is -1.99. The Bertz CT molecular complexity index is 1350. The molecule has 4 aromatic rings. The molecule has 160 valence electrons. The number of nitrogens with zero attached hydrogens (tertiary/aromatic N) is 2. The van der Waals surface area contributed by atoms with Gasteiger partial charge in [-0.15, -0.1) is 0 Å². The second kappa shape index (κ2) is 9.35. The summed E-state index contributed by atoms with van der Waals surface area (Å²) in [6, 6.07) is 19.0. The number of ether oxygens (including phenoxy) is 2. The van der Waals surface area contributed by atoms with Gasteiger partial charge >= 0.3 is 0 Å². The van der Waals surface area contributed by atoms with E-state index in [1.54, 1.807) is 37.5 Å². The quantitative estimate of drug-likeness (QED) is 0.318. The van der Waals surface area contributed by atoms with Crippen LogP contribution in [0.5, 0.6) is 11.5 Å². The highest BCUT2D eigenvalue weighted by atomic mass is 35.5. The Morgan fingerprint density at radius 1 is 1.12 bits per heavy atom. The highest BCUT2D eigenvalue weighted by Gasteiger charge is 2.14. The number of nitrogens with one attached hydrogen (secondary N) is 1. The van der Waals surface area contributed by atoms with E-state index in [-0.39, 0.29) is 0 Å². The Balaban J connectivity index is 1.63. The standard InChI is InChI=1S/C25H19Cl2N3O2/c1-15-3-8-21-22(9-15)30-25(29-21)18(13-28)10-17-11-20(27)24(23(12-17)31-2)32-14-16-4-6-19(26)7-5-16/h3-12H,14H2,1-2H3,(H,29,30)/b18-10-. The molecular weight excluding hydrogens is 445 g/mol. The summed E-state index contributed by atoms with van der Waals surface area (Å²) in [4.78, 5) is 7.73. The van der Waals surface area contributed by atoms with E-state index in [4.69, 9.17) is 32.7 Å². The van der Waals surface area contributed by atoms with Crippen LogP contribution in [0.25, 0.3) is 22.7 Å². The number of benzene rings is 3. The number of allylic oxidation sites excluding steroid dienone is 1. The van der Waals surface area contributed by atoms with Gasteiger partial charge in [-0.1, -0.05) is 41.4 Å². The number of imidazole rings is 1. The third kappa shape index (κ3) is 4.72. The number of methoxy groups -OCH3 is 1. The summed E-state index contributed by atoms with van der Waals surface area (Å²) in [6.45, 7) is 2.32. The third-order valence-corrected chi connectivity index (χ3v) is 5.40. The number of H-pyrrole nitrogens is 1. The van der Waals surface area contributed by atoms with Crippen LogP contribution in [-0.2, 0) is 6.61 Å². The predicted octanol–water partition coefficient (Wildman–Crippen LogP) is 6.83. The van der Waals surface area contributed by atoms with Crippen LogP contribution in [0, 0.1) is 18.3 Å². The maximum atomic E-state index is 9.72. The highest BCUT2D eigenvalue weighted by molar-refractivity contribution is 6.32. The molecule has 1 N–H and O–H groups in total. The number of hydrogen-bond donors (Lipinski definition) is 1. The van der Waals surface area contributed by atoms with Crippen molar-refractivity contribution in [2.75, 3.05) is 7.11 Å². The monoisotopic (exact) mass is 463 g/mol. The maximum Gasteiger partial charge on any atom is 0.180 e. The number of rotatable bonds is 6. The number of aromatic nitrogens is 2. The molecule has 0 saturated carbocycles. The summed E-state index contributed by atoms with van der Waals surface area (Å²) in [5.74, 6) is 1.39. The average Bonchev–Trinajstić information content (AvgIpc) is 3.20. The molecule has 0 aliphatic rings. The Hall–Kier alpha value is -3.46. The second-order valence-corrected chi connectivity index (χ2v) is 8.07. The number of aryl methyl sites for hydroxylation is 1. The number of hydrogen-bond acceptors (Lipinski definition) is 4. The molecule has 7 heteroatoms. The first-order chi connectivity index (χ1) is 15.5. The highest BCUT2D eigenvalue weighted by Crippen LogP contribution is 2.38. The van der Waals surface area contributed by atoms with E-state index in [2.05, 4.69) is 16.0 Å². The van der Waals surface area contributed by atoms with Crippen LogP contribution < -0.4 is 9.47 Å². The van der Waals surface area contributed by atoms with E-state index in [1.165, 1.54) is 0 Å². The molecule has 1 heterocycles. The first-order valence-electron chi connectivity index (χ1n) is 9.80. The smallest absolute Gasteiger partial charge is 0.180 e. The number of nitriles is 1. The van der Waals surface area contributed by atoms with Crippen molar-refractivity contribution < 1.29 is 9.47 Å². The van der Waals surface area contributed by atoms with Crippen LogP contribution in [0.3, 0.4) is 0 Å². The lowest BCUT2D eigenvalue weighted by molar-refractivity contribution is 0.284. The van der Waals surface area contributed by atoms with Crippen molar-refractivity contribution in [3.8, 4) is 17.6 Å². The van der Waals surface area contributed by atoms with Gasteiger partial charge in [0.25, 0.3) is 0 Å². The largest absolute Gasteiger partial charge is 0.493 e. The number of fused-ring (bicyclic) bond motifs is 1. The molecular formula is C25H19Cl2N3O2. The first-order valence-corrected chi connectivity index (χ1v) is 10.6. The van der Waals surface area contributed by atoms with Crippen molar-refractivity contribution in [3.63, 3.8) is 0 Å². The van der Waals surface area contributed by atoms with Crippen LogP contribution in [0.15, 0.2) is 54.6 Å². The average molecular weight is 464 g/mol. The predicted molar refractivity (Wildman–Crippen MR) is 128 cm³/mol. The minimum Gasteiger partial charge on any atom is -0.493 e. The summed E-state index contributed by atoms with van der Waals surface area (Å²) in [7, 11) is 1.54. The molecule has 0 aliphatic heterocycles. The van der Waals surface area contributed by atoms with E-state index < -0.39 is 0 Å². The van der Waals surface area contributed by atoms with Crippen molar-refractivity contribution >= 4 is 45.9 Å². The molecule has 0 fully saturated rings.